The van der Waals surface area contributed by atoms with Crippen LogP contribution < -0.4 is 26.9 Å². The van der Waals surface area contributed by atoms with Crippen LogP contribution in [0.4, 0.5) is 5.69 Å². The van der Waals surface area contributed by atoms with Crippen LogP contribution in [0.3, 0.4) is 0 Å². The predicted octanol–water partition coefficient (Wildman–Crippen LogP) is 3.08. The summed E-state index contributed by atoms with van der Waals surface area (Å²) in [7, 11) is 0. The Morgan fingerprint density at radius 3 is 2.15 bits per heavy atom. The molecule has 2 aromatic rings. The average molecular weight is 597 g/mol. The number of carbonyl (C=O) groups excluding carboxylic acids is 4. The first-order chi connectivity index (χ1) is 18.3. The van der Waals surface area contributed by atoms with Crippen LogP contribution in [0.5, 0.6) is 0 Å². The number of hydrogen-bond donors (Lipinski definition) is 4. The van der Waals surface area contributed by atoms with Crippen LogP contribution in [-0.4, -0.2) is 42.3 Å². The van der Waals surface area contributed by atoms with Gasteiger partial charge in [0.25, 0.3) is 0 Å². The van der Waals surface area contributed by atoms with Gasteiger partial charge in [-0.3, -0.25) is 14.4 Å². The molecule has 0 saturated heterocycles. The van der Waals surface area contributed by atoms with E-state index in [1.165, 1.54) is 12.5 Å². The molecule has 4 N–H and O–H groups in total. The number of fused-ring (bicyclic) bond motifs is 1. The van der Waals surface area contributed by atoms with E-state index in [9.17, 15) is 24.0 Å². The van der Waals surface area contributed by atoms with Crippen LogP contribution >= 0.6 is 0 Å². The Morgan fingerprint density at radius 2 is 1.55 bits per heavy atom. The van der Waals surface area contributed by atoms with E-state index in [0.29, 0.717) is 24.1 Å². The molecule has 1 aromatic heterocycles. The molecule has 0 aliphatic heterocycles. The molecule has 1 radical (unpaired) electrons. The zero-order valence-electron chi connectivity index (χ0n) is 24.2. The van der Waals surface area contributed by atoms with E-state index in [1.807, 2.05) is 27.7 Å². The van der Waals surface area contributed by atoms with Gasteiger partial charge in [-0.2, -0.15) is 6.92 Å². The van der Waals surface area contributed by atoms with Crippen LogP contribution in [0.15, 0.2) is 33.5 Å². The first kappa shape index (κ1) is 34.7. The Morgan fingerprint density at radius 1 is 0.900 bits per heavy atom. The first-order valence-electron chi connectivity index (χ1n) is 13.3. The molecule has 0 spiro atoms. The first-order valence-corrected chi connectivity index (χ1v) is 13.3. The third-order valence-corrected chi connectivity index (χ3v) is 6.22. The summed E-state index contributed by atoms with van der Waals surface area (Å²) >= 11 is 0. The number of hydrogen-bond acceptors (Lipinski definition) is 6. The number of carbonyl (C=O) groups is 4. The average Bonchev–Trinajstić information content (AvgIpc) is 2.84. The summed E-state index contributed by atoms with van der Waals surface area (Å²) in [6.07, 6.45) is 2.29. The van der Waals surface area contributed by atoms with Crippen molar-refractivity contribution in [2.45, 2.75) is 73.4 Å². The summed E-state index contributed by atoms with van der Waals surface area (Å²) in [6.45, 7) is 12.9. The summed E-state index contributed by atoms with van der Waals surface area (Å²) in [5.74, 6) is -1.75. The van der Waals surface area contributed by atoms with Crippen LogP contribution in [0.2, 0.25) is 0 Å². The molecule has 0 aliphatic rings. The number of amides is 4. The number of aryl methyl sites for hydroxylation is 1. The van der Waals surface area contributed by atoms with E-state index >= 15 is 0 Å². The molecule has 10 nitrogen and oxygen atoms in total. The van der Waals surface area contributed by atoms with E-state index in [2.05, 4.69) is 21.3 Å². The zero-order valence-corrected chi connectivity index (χ0v) is 25.4. The molecule has 11 heteroatoms. The Hall–Kier alpha value is -3.30. The fourth-order valence-corrected chi connectivity index (χ4v) is 4.21. The van der Waals surface area contributed by atoms with Gasteiger partial charge < -0.3 is 36.9 Å². The summed E-state index contributed by atoms with van der Waals surface area (Å²) in [5, 5.41) is 11.7. The maximum absolute atomic E-state index is 13.2. The largest absolute Gasteiger partial charge is 0.423 e. The van der Waals surface area contributed by atoms with Crippen molar-refractivity contribution >= 4 is 40.3 Å². The Kier molecular flexibility index (Phi) is 14.0. The van der Waals surface area contributed by atoms with Crippen molar-refractivity contribution in [3.63, 3.8) is 0 Å². The van der Waals surface area contributed by atoms with E-state index < -0.39 is 35.4 Å². The minimum atomic E-state index is -0.902. The van der Waals surface area contributed by atoms with Gasteiger partial charge in [0.1, 0.15) is 17.7 Å². The summed E-state index contributed by atoms with van der Waals surface area (Å²) in [5.41, 5.74) is 1.06. The van der Waals surface area contributed by atoms with Crippen molar-refractivity contribution in [3.8, 4) is 0 Å². The molecule has 0 bridgehead atoms. The Balaban J connectivity index is 0.00000800. The number of anilines is 1. The van der Waals surface area contributed by atoms with E-state index in [1.54, 1.807) is 39.0 Å². The van der Waals surface area contributed by atoms with Gasteiger partial charge in [-0.25, -0.2) is 4.79 Å². The molecule has 3 atom stereocenters. The molecule has 0 fully saturated rings. The van der Waals surface area contributed by atoms with Gasteiger partial charge in [-0.05, 0) is 56.2 Å². The maximum atomic E-state index is 13.2. The smallest absolute Gasteiger partial charge is 0.336 e. The second-order valence-electron chi connectivity index (χ2n) is 10.7. The Bertz CT molecular complexity index is 1240. The normalized spacial score (nSPS) is 13.1. The summed E-state index contributed by atoms with van der Waals surface area (Å²) in [6, 6.07) is 4.67. The number of rotatable bonds is 13. The van der Waals surface area contributed by atoms with Crippen LogP contribution in [0.1, 0.15) is 59.9 Å². The molecule has 3 unspecified atom stereocenters. The molecule has 0 aliphatic carbocycles. The predicted molar refractivity (Wildman–Crippen MR) is 151 cm³/mol. The van der Waals surface area contributed by atoms with Crippen LogP contribution in [0.25, 0.3) is 11.0 Å². The maximum Gasteiger partial charge on any atom is 0.336 e. The van der Waals surface area contributed by atoms with Gasteiger partial charge in [0.15, 0.2) is 0 Å². The van der Waals surface area contributed by atoms with Gasteiger partial charge >= 0.3 is 5.63 Å². The second kappa shape index (κ2) is 16.1. The van der Waals surface area contributed by atoms with Gasteiger partial charge in [0.2, 0.25) is 17.7 Å². The minimum Gasteiger partial charge on any atom is -0.423 e. The quantitative estimate of drug-likeness (QED) is 0.159. The molecule has 0 saturated carbocycles. The molecular formula is C29H41MnN4O6-. The molecule has 4 amide bonds. The third kappa shape index (κ3) is 10.7. The van der Waals surface area contributed by atoms with Crippen molar-refractivity contribution in [3.05, 3.63) is 46.7 Å². The van der Waals surface area contributed by atoms with E-state index in [4.69, 9.17) is 4.42 Å². The Labute approximate surface area is 246 Å². The van der Waals surface area contributed by atoms with E-state index in [0.717, 1.165) is 10.9 Å². The molecular weight excluding hydrogens is 555 g/mol. The fourth-order valence-electron chi connectivity index (χ4n) is 4.21. The monoisotopic (exact) mass is 596 g/mol. The third-order valence-electron chi connectivity index (χ3n) is 6.22. The van der Waals surface area contributed by atoms with Crippen LogP contribution in [-0.2, 0) is 36.2 Å². The molecule has 1 aromatic carbocycles. The number of nitrogens with one attached hydrogen (secondary N) is 4. The van der Waals surface area contributed by atoms with Gasteiger partial charge in [-0.15, -0.1) is 0 Å². The van der Waals surface area contributed by atoms with Crippen molar-refractivity contribution < 1.29 is 40.7 Å². The van der Waals surface area contributed by atoms with Crippen molar-refractivity contribution in [2.24, 2.45) is 17.8 Å². The number of benzene rings is 1. The zero-order chi connectivity index (χ0) is 29.3. The second-order valence-corrected chi connectivity index (χ2v) is 10.7. The minimum absolute atomic E-state index is 0. The van der Waals surface area contributed by atoms with Gasteiger partial charge in [0, 0.05) is 46.8 Å². The summed E-state index contributed by atoms with van der Waals surface area (Å²) < 4.78 is 5.26. The molecule has 1 heterocycles. The standard InChI is InChI=1S/C29H41N4O6.Mn/c1-8-25(34)30-15-20(11-16(2)3)28(37)31-19(7)27(36)33-23(12-17(4)5)29(38)32-21-9-10-22-18(6)13-26(35)39-24(22)14-21;/h8-10,13-14,16-17,19-20,23H,11-12,15H2,1-7H3,(H,30,34)(H,31,37)(H,32,38)(H,33,36);/q-1;. The molecule has 40 heavy (non-hydrogen) atoms. The van der Waals surface area contributed by atoms with Crippen molar-refractivity contribution in [2.75, 3.05) is 11.9 Å². The van der Waals surface area contributed by atoms with Crippen molar-refractivity contribution in [1.29, 1.82) is 0 Å². The van der Waals surface area contributed by atoms with Crippen LogP contribution in [0, 0.1) is 31.1 Å². The summed E-state index contributed by atoms with van der Waals surface area (Å²) in [4.78, 5) is 62.5. The molecule has 2 rings (SSSR count). The SMILES string of the molecule is C[CH-]C(=O)NCC(CC(C)C)C(=O)NC(C)C(=O)NC(CC(C)C)C(=O)Nc1ccc2c(C)cc(=O)oc2c1.[Mn]. The molecule has 221 valence electrons. The fraction of sp³-hybridized carbons (Fsp3) is 0.517. The van der Waals surface area contributed by atoms with Gasteiger partial charge in [-0.1, -0.05) is 27.7 Å². The van der Waals surface area contributed by atoms with E-state index in [-0.39, 0.29) is 47.3 Å². The van der Waals surface area contributed by atoms with Crippen molar-refractivity contribution in [1.82, 2.24) is 16.0 Å². The topological polar surface area (TPSA) is 147 Å². The van der Waals surface area contributed by atoms with Gasteiger partial charge in [0.05, 0.1) is 11.8 Å².